The van der Waals surface area contributed by atoms with E-state index in [2.05, 4.69) is 5.32 Å². The predicted octanol–water partition coefficient (Wildman–Crippen LogP) is 4.82. The minimum atomic E-state index is -3.90. The van der Waals surface area contributed by atoms with E-state index in [9.17, 15) is 18.0 Å². The average molecular weight is 628 g/mol. The fourth-order valence-corrected chi connectivity index (χ4v) is 5.87. The van der Waals surface area contributed by atoms with Crippen LogP contribution in [0.3, 0.4) is 0 Å². The van der Waals surface area contributed by atoms with Gasteiger partial charge in [0.25, 0.3) is 0 Å². The molecule has 2 amide bonds. The second-order valence-electron chi connectivity index (χ2n) is 10.4. The summed E-state index contributed by atoms with van der Waals surface area (Å²) < 4.78 is 39.1. The zero-order valence-electron chi connectivity index (χ0n) is 24.7. The van der Waals surface area contributed by atoms with Crippen LogP contribution in [0.1, 0.15) is 38.3 Å². The molecule has 0 aromatic heterocycles. The van der Waals surface area contributed by atoms with Crippen LogP contribution in [0.2, 0.25) is 5.02 Å². The maximum absolute atomic E-state index is 14.3. The van der Waals surface area contributed by atoms with Gasteiger partial charge in [-0.25, -0.2) is 8.42 Å². The molecule has 0 unspecified atom stereocenters. The number of nitrogens with zero attached hydrogens (tertiary/aromatic N) is 2. The van der Waals surface area contributed by atoms with Gasteiger partial charge in [0, 0.05) is 30.1 Å². The summed E-state index contributed by atoms with van der Waals surface area (Å²) in [5.74, 6) is -0.162. The lowest BCUT2D eigenvalue weighted by Gasteiger charge is -2.34. The Morgan fingerprint density at radius 2 is 1.60 bits per heavy atom. The van der Waals surface area contributed by atoms with Gasteiger partial charge < -0.3 is 19.7 Å². The molecule has 0 bridgehead atoms. The van der Waals surface area contributed by atoms with E-state index in [-0.39, 0.29) is 36.4 Å². The van der Waals surface area contributed by atoms with Crippen LogP contribution in [-0.4, -0.2) is 62.7 Å². The van der Waals surface area contributed by atoms with Gasteiger partial charge in [-0.05, 0) is 55.7 Å². The highest BCUT2D eigenvalue weighted by atomic mass is 35.5. The number of halogens is 1. The number of hydrogen-bond acceptors (Lipinski definition) is 6. The Kier molecular flexibility index (Phi) is 10.9. The van der Waals surface area contributed by atoms with E-state index in [1.165, 1.54) is 11.8 Å². The van der Waals surface area contributed by atoms with Crippen molar-refractivity contribution in [2.24, 2.45) is 0 Å². The number of hydrogen-bond donors (Lipinski definition) is 1. The van der Waals surface area contributed by atoms with Crippen molar-refractivity contribution in [3.05, 3.63) is 88.9 Å². The lowest BCUT2D eigenvalue weighted by molar-refractivity contribution is -0.140. The quantitative estimate of drug-likeness (QED) is 0.291. The average Bonchev–Trinajstić information content (AvgIpc) is 3.02. The molecule has 11 heteroatoms. The minimum absolute atomic E-state index is 0.0720. The van der Waals surface area contributed by atoms with Crippen molar-refractivity contribution in [1.29, 1.82) is 0 Å². The molecule has 1 aliphatic rings. The molecule has 0 saturated heterocycles. The molecular weight excluding hydrogens is 590 g/mol. The van der Waals surface area contributed by atoms with Crippen LogP contribution >= 0.6 is 11.6 Å². The first kappa shape index (κ1) is 32.2. The minimum Gasteiger partial charge on any atom is -0.486 e. The molecular formula is C32H38ClN3O6S. The second-order valence-corrected chi connectivity index (χ2v) is 13.0. The molecule has 1 heterocycles. The second kappa shape index (κ2) is 14.6. The van der Waals surface area contributed by atoms with E-state index >= 15 is 0 Å². The number of ether oxygens (including phenoxy) is 2. The monoisotopic (exact) mass is 627 g/mol. The summed E-state index contributed by atoms with van der Waals surface area (Å²) in [6.07, 6.45) is 0.953. The molecule has 0 spiro atoms. The molecule has 0 saturated carbocycles. The Bertz CT molecular complexity index is 1500. The van der Waals surface area contributed by atoms with Crippen molar-refractivity contribution >= 4 is 39.1 Å². The molecule has 9 nitrogen and oxygen atoms in total. The number of anilines is 1. The first-order valence-corrected chi connectivity index (χ1v) is 16.4. The summed E-state index contributed by atoms with van der Waals surface area (Å²) in [6.45, 7) is 5.68. The van der Waals surface area contributed by atoms with Gasteiger partial charge in [-0.3, -0.25) is 13.9 Å². The third-order valence-corrected chi connectivity index (χ3v) is 9.32. The molecule has 1 aliphatic heterocycles. The Hall–Kier alpha value is -3.76. The van der Waals surface area contributed by atoms with Gasteiger partial charge in [-0.15, -0.1) is 0 Å². The van der Waals surface area contributed by atoms with Gasteiger partial charge in [0.15, 0.2) is 11.5 Å². The number of carbonyl (C=O) groups excluding carboxylic acids is 2. The summed E-state index contributed by atoms with van der Waals surface area (Å²) in [6, 6.07) is 20.2. The SMILES string of the molecule is CC[C@@H](C)NC(=O)[C@@H](Cc1ccccc1)N(Cc1ccc(Cl)cc1)C(=O)CN(c1ccc2c(c1)OCCO2)S(=O)(=O)CC. The van der Waals surface area contributed by atoms with Crippen LogP contribution in [0.15, 0.2) is 72.8 Å². The highest BCUT2D eigenvalue weighted by molar-refractivity contribution is 7.92. The fraction of sp³-hybridized carbons (Fsp3) is 0.375. The van der Waals surface area contributed by atoms with E-state index in [1.54, 1.807) is 42.5 Å². The van der Waals surface area contributed by atoms with E-state index < -0.39 is 28.5 Å². The number of sulfonamides is 1. The zero-order valence-corrected chi connectivity index (χ0v) is 26.2. The number of fused-ring (bicyclic) bond motifs is 1. The number of rotatable bonds is 13. The van der Waals surface area contributed by atoms with Gasteiger partial charge in [0.05, 0.1) is 11.4 Å². The molecule has 0 radical (unpaired) electrons. The number of benzene rings is 3. The Balaban J connectivity index is 1.75. The summed E-state index contributed by atoms with van der Waals surface area (Å²) in [5, 5.41) is 3.56. The number of carbonyl (C=O) groups is 2. The molecule has 3 aromatic carbocycles. The summed E-state index contributed by atoms with van der Waals surface area (Å²) in [7, 11) is -3.90. The number of nitrogens with one attached hydrogen (secondary N) is 1. The molecule has 0 fully saturated rings. The first-order valence-electron chi connectivity index (χ1n) is 14.4. The highest BCUT2D eigenvalue weighted by Gasteiger charge is 2.34. The van der Waals surface area contributed by atoms with Crippen LogP contribution < -0.4 is 19.1 Å². The van der Waals surface area contributed by atoms with Crippen LogP contribution in [0.5, 0.6) is 11.5 Å². The van der Waals surface area contributed by atoms with Gasteiger partial charge in [-0.2, -0.15) is 0 Å². The predicted molar refractivity (Wildman–Crippen MR) is 168 cm³/mol. The van der Waals surface area contributed by atoms with E-state index in [0.29, 0.717) is 36.2 Å². The molecule has 0 aliphatic carbocycles. The lowest BCUT2D eigenvalue weighted by Crippen LogP contribution is -2.54. The van der Waals surface area contributed by atoms with Gasteiger partial charge in [0.1, 0.15) is 25.8 Å². The van der Waals surface area contributed by atoms with Crippen molar-refractivity contribution in [1.82, 2.24) is 10.2 Å². The van der Waals surface area contributed by atoms with Crippen molar-refractivity contribution in [3.8, 4) is 11.5 Å². The Labute approximate surface area is 258 Å². The van der Waals surface area contributed by atoms with Crippen LogP contribution in [0.25, 0.3) is 0 Å². The fourth-order valence-electron chi connectivity index (χ4n) is 4.69. The van der Waals surface area contributed by atoms with Crippen molar-refractivity contribution < 1.29 is 27.5 Å². The molecule has 4 rings (SSSR count). The summed E-state index contributed by atoms with van der Waals surface area (Å²) in [4.78, 5) is 29.5. The maximum atomic E-state index is 14.3. The Morgan fingerprint density at radius 1 is 0.930 bits per heavy atom. The standard InChI is InChI=1S/C32H38ClN3O6S/c1-4-23(3)34-32(38)28(19-24-9-7-6-8-10-24)35(21-25-11-13-26(33)14-12-25)31(37)22-36(43(39,40)5-2)27-15-16-29-30(20-27)42-18-17-41-29/h6-16,20,23,28H,4-5,17-19,21-22H2,1-3H3,(H,34,38)/t23-,28-/m1/s1. The normalized spacial score (nSPS) is 14.0. The number of amides is 2. The first-order chi connectivity index (χ1) is 20.6. The molecule has 1 N–H and O–H groups in total. The lowest BCUT2D eigenvalue weighted by atomic mass is 10.0. The van der Waals surface area contributed by atoms with E-state index in [0.717, 1.165) is 15.4 Å². The van der Waals surface area contributed by atoms with Crippen molar-refractivity contribution in [3.63, 3.8) is 0 Å². The third-order valence-electron chi connectivity index (χ3n) is 7.33. The third kappa shape index (κ3) is 8.42. The summed E-state index contributed by atoms with van der Waals surface area (Å²) in [5.41, 5.74) is 1.89. The van der Waals surface area contributed by atoms with Gasteiger partial charge in [-0.1, -0.05) is 61.0 Å². The summed E-state index contributed by atoms with van der Waals surface area (Å²) >= 11 is 6.12. The van der Waals surface area contributed by atoms with E-state index in [1.807, 2.05) is 44.2 Å². The molecule has 230 valence electrons. The highest BCUT2D eigenvalue weighted by Crippen LogP contribution is 2.35. The maximum Gasteiger partial charge on any atom is 0.244 e. The van der Waals surface area contributed by atoms with Crippen LogP contribution in [0.4, 0.5) is 5.69 Å². The van der Waals surface area contributed by atoms with E-state index in [4.69, 9.17) is 21.1 Å². The molecule has 43 heavy (non-hydrogen) atoms. The largest absolute Gasteiger partial charge is 0.486 e. The smallest absolute Gasteiger partial charge is 0.244 e. The van der Waals surface area contributed by atoms with Crippen LogP contribution in [0, 0.1) is 0 Å². The van der Waals surface area contributed by atoms with Crippen molar-refractivity contribution in [2.45, 2.75) is 52.2 Å². The molecule has 3 aromatic rings. The van der Waals surface area contributed by atoms with Crippen molar-refractivity contribution in [2.75, 3.05) is 29.8 Å². The van der Waals surface area contributed by atoms with Gasteiger partial charge >= 0.3 is 0 Å². The van der Waals surface area contributed by atoms with Crippen LogP contribution in [-0.2, 0) is 32.6 Å². The topological polar surface area (TPSA) is 105 Å². The zero-order chi connectivity index (χ0) is 31.0. The van der Waals surface area contributed by atoms with Gasteiger partial charge in [0.2, 0.25) is 21.8 Å². The Morgan fingerprint density at radius 3 is 2.26 bits per heavy atom. The molecule has 2 atom stereocenters.